The Bertz CT molecular complexity index is 756. The lowest BCUT2D eigenvalue weighted by Crippen LogP contribution is -2.21. The van der Waals surface area contributed by atoms with Gasteiger partial charge in [-0.1, -0.05) is 68.8 Å². The minimum Gasteiger partial charge on any atom is -0.382 e. The van der Waals surface area contributed by atoms with E-state index in [-0.39, 0.29) is 37.3 Å². The van der Waals surface area contributed by atoms with Crippen molar-refractivity contribution in [3.63, 3.8) is 0 Å². The van der Waals surface area contributed by atoms with E-state index in [1.165, 1.54) is 0 Å². The van der Waals surface area contributed by atoms with E-state index in [9.17, 15) is 0 Å². The van der Waals surface area contributed by atoms with Crippen LogP contribution in [-0.2, 0) is 0 Å². The molecular formula is C20H29Cl2IN4S2. The Labute approximate surface area is 211 Å². The average molecular weight is 587 g/mol. The van der Waals surface area contributed by atoms with Gasteiger partial charge in [0.2, 0.25) is 0 Å². The van der Waals surface area contributed by atoms with E-state index < -0.39 is 0 Å². The zero-order chi connectivity index (χ0) is 20.4. The number of pyridine rings is 2. The standard InChI is InChI=1S/C10H13ClN2S.C9H11ClN2S.CH4.HI/c1-7(10(12-2)14-3)8-4-5-9(11)13-6-8;1-6(9(13)11-2)7-3-4-8(10)12-5-7;;/h4-7H,1-3H3;3-6H,1-2H3,(H,11,13);1H4;1H. The Morgan fingerprint density at radius 3 is 1.79 bits per heavy atom. The molecule has 0 aliphatic rings. The minimum absolute atomic E-state index is 0. The van der Waals surface area contributed by atoms with Gasteiger partial charge in [0.25, 0.3) is 0 Å². The van der Waals surface area contributed by atoms with E-state index in [0.29, 0.717) is 16.2 Å². The Morgan fingerprint density at radius 1 is 1.03 bits per heavy atom. The van der Waals surface area contributed by atoms with Gasteiger partial charge in [0.15, 0.2) is 0 Å². The molecule has 2 heterocycles. The number of hydrogen-bond donors (Lipinski definition) is 1. The summed E-state index contributed by atoms with van der Waals surface area (Å²) in [7, 11) is 3.63. The van der Waals surface area contributed by atoms with Crippen LogP contribution in [0.4, 0.5) is 0 Å². The number of likely N-dealkylation sites (N-methyl/N-ethyl adjacent to an activating group) is 1. The quantitative estimate of drug-likeness (QED) is 0.139. The molecule has 1 N–H and O–H groups in total. The molecule has 0 saturated carbocycles. The fourth-order valence-electron chi connectivity index (χ4n) is 2.26. The molecule has 0 spiro atoms. The van der Waals surface area contributed by atoms with Crippen LogP contribution in [0.15, 0.2) is 41.7 Å². The predicted molar refractivity (Wildman–Crippen MR) is 146 cm³/mol. The van der Waals surface area contributed by atoms with E-state index in [1.54, 1.807) is 36.3 Å². The Balaban J connectivity index is 0. The molecule has 2 aromatic heterocycles. The zero-order valence-corrected chi connectivity index (χ0v) is 21.9. The van der Waals surface area contributed by atoms with Crippen molar-refractivity contribution in [1.82, 2.24) is 15.3 Å². The van der Waals surface area contributed by atoms with E-state index in [1.807, 2.05) is 39.4 Å². The van der Waals surface area contributed by atoms with Crippen LogP contribution in [0.3, 0.4) is 0 Å². The molecule has 2 atom stereocenters. The number of hydrogen-bond acceptors (Lipinski definition) is 5. The number of rotatable bonds is 4. The van der Waals surface area contributed by atoms with Gasteiger partial charge in [-0.15, -0.1) is 35.7 Å². The van der Waals surface area contributed by atoms with Crippen LogP contribution in [0.5, 0.6) is 0 Å². The molecule has 9 heteroatoms. The lowest BCUT2D eigenvalue weighted by atomic mass is 10.0. The molecular weight excluding hydrogens is 558 g/mol. The number of halogens is 3. The van der Waals surface area contributed by atoms with Crippen molar-refractivity contribution in [1.29, 1.82) is 0 Å². The van der Waals surface area contributed by atoms with Gasteiger partial charge in [-0.25, -0.2) is 9.97 Å². The molecule has 0 amide bonds. The number of thiocarbonyl (C=S) groups is 1. The van der Waals surface area contributed by atoms with Crippen molar-refractivity contribution in [3.05, 3.63) is 58.1 Å². The second kappa shape index (κ2) is 16.2. The largest absolute Gasteiger partial charge is 0.382 e. The van der Waals surface area contributed by atoms with Gasteiger partial charge in [0.1, 0.15) is 10.3 Å². The molecule has 0 saturated heterocycles. The normalized spacial score (nSPS) is 12.3. The van der Waals surface area contributed by atoms with Crippen molar-refractivity contribution >= 4 is 81.2 Å². The predicted octanol–water partition coefficient (Wildman–Crippen LogP) is 6.87. The number of aromatic nitrogens is 2. The van der Waals surface area contributed by atoms with Crippen LogP contribution < -0.4 is 5.32 Å². The smallest absolute Gasteiger partial charge is 0.129 e. The number of nitrogens with one attached hydrogen (secondary N) is 1. The second-order valence-electron chi connectivity index (χ2n) is 5.65. The SMILES string of the molecule is C.CN=C(SC)C(C)c1ccc(Cl)nc1.CNC(=S)C(C)c1ccc(Cl)nc1.I. The molecule has 0 aromatic carbocycles. The summed E-state index contributed by atoms with van der Waals surface area (Å²) in [5.41, 5.74) is 2.22. The van der Waals surface area contributed by atoms with Crippen LogP contribution in [-0.4, -0.2) is 40.4 Å². The first-order chi connectivity index (χ1) is 12.8. The van der Waals surface area contributed by atoms with Gasteiger partial charge in [0, 0.05) is 38.3 Å². The first-order valence-corrected chi connectivity index (χ1v) is 10.7. The van der Waals surface area contributed by atoms with E-state index in [4.69, 9.17) is 35.4 Å². The Kier molecular flexibility index (Phi) is 17.2. The lowest BCUT2D eigenvalue weighted by Gasteiger charge is -2.12. The fraction of sp³-hybridized carbons (Fsp3) is 0.400. The van der Waals surface area contributed by atoms with Gasteiger partial charge in [-0.05, 0) is 29.5 Å². The third kappa shape index (κ3) is 10.4. The van der Waals surface area contributed by atoms with Gasteiger partial charge in [0.05, 0.1) is 10.0 Å². The van der Waals surface area contributed by atoms with Crippen molar-refractivity contribution in [2.45, 2.75) is 33.1 Å². The zero-order valence-electron chi connectivity index (χ0n) is 16.4. The van der Waals surface area contributed by atoms with E-state index in [0.717, 1.165) is 21.2 Å². The molecule has 2 rings (SSSR count). The molecule has 2 unspecified atom stereocenters. The monoisotopic (exact) mass is 586 g/mol. The van der Waals surface area contributed by atoms with Gasteiger partial charge in [-0.2, -0.15) is 0 Å². The molecule has 29 heavy (non-hydrogen) atoms. The fourth-order valence-corrected chi connectivity index (χ4v) is 3.29. The summed E-state index contributed by atoms with van der Waals surface area (Å²) in [5, 5.41) is 5.09. The molecule has 0 aliphatic heterocycles. The van der Waals surface area contributed by atoms with Crippen LogP contribution in [0.25, 0.3) is 0 Å². The molecule has 2 aromatic rings. The van der Waals surface area contributed by atoms with Crippen molar-refractivity contribution < 1.29 is 0 Å². The van der Waals surface area contributed by atoms with Gasteiger partial charge < -0.3 is 5.32 Å². The first kappa shape index (κ1) is 30.7. The number of nitrogens with zero attached hydrogens (tertiary/aromatic N) is 3. The summed E-state index contributed by atoms with van der Waals surface area (Å²) >= 11 is 18.2. The summed E-state index contributed by atoms with van der Waals surface area (Å²) < 4.78 is 0. The highest BCUT2D eigenvalue weighted by Gasteiger charge is 2.11. The lowest BCUT2D eigenvalue weighted by molar-refractivity contribution is 0.963. The average Bonchev–Trinajstić information content (AvgIpc) is 2.69. The van der Waals surface area contributed by atoms with Crippen LogP contribution in [0.1, 0.15) is 44.2 Å². The third-order valence-corrected chi connectivity index (χ3v) is 5.90. The Hall–Kier alpha value is -0.480. The van der Waals surface area contributed by atoms with E-state index >= 15 is 0 Å². The van der Waals surface area contributed by atoms with Crippen LogP contribution >= 0.6 is 71.2 Å². The van der Waals surface area contributed by atoms with Crippen LogP contribution in [0.2, 0.25) is 10.3 Å². The minimum atomic E-state index is 0. The van der Waals surface area contributed by atoms with E-state index in [2.05, 4.69) is 27.2 Å². The number of thioether (sulfide) groups is 1. The third-order valence-electron chi connectivity index (χ3n) is 3.94. The van der Waals surface area contributed by atoms with Crippen molar-refractivity contribution in [2.24, 2.45) is 4.99 Å². The van der Waals surface area contributed by atoms with Gasteiger partial charge >= 0.3 is 0 Å². The summed E-state index contributed by atoms with van der Waals surface area (Å²) in [6.07, 6.45) is 5.58. The maximum atomic E-state index is 5.72. The Morgan fingerprint density at radius 2 is 1.48 bits per heavy atom. The maximum absolute atomic E-state index is 5.72. The molecule has 0 bridgehead atoms. The number of aliphatic imine (C=N–C) groups is 1. The highest BCUT2D eigenvalue weighted by atomic mass is 127. The van der Waals surface area contributed by atoms with Gasteiger partial charge in [-0.3, -0.25) is 4.99 Å². The topological polar surface area (TPSA) is 50.2 Å². The second-order valence-corrected chi connectivity index (χ2v) is 7.69. The highest BCUT2D eigenvalue weighted by molar-refractivity contribution is 14.0. The molecule has 0 radical (unpaired) electrons. The summed E-state index contributed by atoms with van der Waals surface area (Å²) in [4.78, 5) is 13.1. The first-order valence-electron chi connectivity index (χ1n) is 8.29. The summed E-state index contributed by atoms with van der Waals surface area (Å²) in [6, 6.07) is 7.50. The maximum Gasteiger partial charge on any atom is 0.129 e. The summed E-state index contributed by atoms with van der Waals surface area (Å²) in [5.74, 6) is 0.476. The molecule has 162 valence electrons. The molecule has 0 fully saturated rings. The molecule has 0 aliphatic carbocycles. The highest BCUT2D eigenvalue weighted by Crippen LogP contribution is 2.22. The van der Waals surface area contributed by atoms with Crippen molar-refractivity contribution in [2.75, 3.05) is 20.4 Å². The van der Waals surface area contributed by atoms with Crippen LogP contribution in [0, 0.1) is 0 Å². The molecule has 4 nitrogen and oxygen atoms in total. The summed E-state index contributed by atoms with van der Waals surface area (Å²) in [6.45, 7) is 4.15. The van der Waals surface area contributed by atoms with Crippen molar-refractivity contribution in [3.8, 4) is 0 Å².